The van der Waals surface area contributed by atoms with Crippen molar-refractivity contribution >= 4 is 22.8 Å². The topological polar surface area (TPSA) is 87.0 Å². The summed E-state index contributed by atoms with van der Waals surface area (Å²) in [6.45, 7) is 0.666. The number of hydrogen-bond acceptors (Lipinski definition) is 6. The van der Waals surface area contributed by atoms with Crippen LogP contribution in [-0.4, -0.2) is 64.0 Å². The lowest BCUT2D eigenvalue weighted by molar-refractivity contribution is -0.146. The highest BCUT2D eigenvalue weighted by atomic mass is 19.4. The number of H-pyrrole nitrogens is 1. The van der Waals surface area contributed by atoms with Crippen LogP contribution in [0.1, 0.15) is 0 Å². The van der Waals surface area contributed by atoms with Crippen molar-refractivity contribution in [2.75, 3.05) is 43.4 Å². The molecule has 21 heavy (non-hydrogen) atoms. The van der Waals surface area contributed by atoms with E-state index in [0.29, 0.717) is 43.0 Å². The van der Waals surface area contributed by atoms with Crippen molar-refractivity contribution in [1.82, 2.24) is 25.1 Å². The second-order valence-corrected chi connectivity index (χ2v) is 4.92. The predicted molar refractivity (Wildman–Crippen MR) is 70.8 cm³/mol. The van der Waals surface area contributed by atoms with E-state index in [-0.39, 0.29) is 5.95 Å². The fourth-order valence-electron chi connectivity index (χ4n) is 2.45. The van der Waals surface area contributed by atoms with Gasteiger partial charge < -0.3 is 10.6 Å². The number of aromatic amines is 1. The average molecular weight is 301 g/mol. The first-order chi connectivity index (χ1) is 9.92. The van der Waals surface area contributed by atoms with Crippen molar-refractivity contribution < 1.29 is 13.2 Å². The lowest BCUT2D eigenvalue weighted by Crippen LogP contribution is -2.49. The van der Waals surface area contributed by atoms with Crippen molar-refractivity contribution in [3.63, 3.8) is 0 Å². The van der Waals surface area contributed by atoms with Crippen LogP contribution in [0.2, 0.25) is 0 Å². The van der Waals surface area contributed by atoms with Crippen LogP contribution in [0.4, 0.5) is 24.9 Å². The molecule has 0 aromatic carbocycles. The molecule has 3 N–H and O–H groups in total. The Bertz CT molecular complexity index is 630. The van der Waals surface area contributed by atoms with Gasteiger partial charge in [-0.05, 0) is 0 Å². The van der Waals surface area contributed by atoms with Crippen molar-refractivity contribution in [3.8, 4) is 0 Å². The summed E-state index contributed by atoms with van der Waals surface area (Å²) >= 11 is 0. The zero-order valence-corrected chi connectivity index (χ0v) is 11.1. The summed E-state index contributed by atoms with van der Waals surface area (Å²) in [7, 11) is 0. The maximum absolute atomic E-state index is 12.4. The van der Waals surface area contributed by atoms with Gasteiger partial charge in [-0.1, -0.05) is 0 Å². The fraction of sp³-hybridized carbons (Fsp3) is 0.545. The molecule has 1 saturated heterocycles. The van der Waals surface area contributed by atoms with Gasteiger partial charge in [-0.2, -0.15) is 28.2 Å². The van der Waals surface area contributed by atoms with Crippen molar-refractivity contribution in [1.29, 1.82) is 0 Å². The number of halogens is 3. The Morgan fingerprint density at radius 1 is 1.19 bits per heavy atom. The normalized spacial score (nSPS) is 17.6. The van der Waals surface area contributed by atoms with Gasteiger partial charge in [0.15, 0.2) is 5.65 Å². The Kier molecular flexibility index (Phi) is 3.32. The second-order valence-electron chi connectivity index (χ2n) is 4.92. The molecule has 0 unspecified atom stereocenters. The molecule has 1 aliphatic heterocycles. The maximum atomic E-state index is 12.4. The average Bonchev–Trinajstić information content (AvgIpc) is 2.85. The minimum atomic E-state index is -4.17. The SMILES string of the molecule is Nc1nc(N2CCN(CC(F)(F)F)CC2)c2cn[nH]c2n1. The first-order valence-electron chi connectivity index (χ1n) is 6.43. The number of nitrogens with two attached hydrogens (primary N) is 1. The van der Waals surface area contributed by atoms with Crippen LogP contribution in [0.5, 0.6) is 0 Å². The summed E-state index contributed by atoms with van der Waals surface area (Å²) < 4.78 is 37.1. The minimum Gasteiger partial charge on any atom is -0.368 e. The van der Waals surface area contributed by atoms with Crippen LogP contribution in [0.25, 0.3) is 11.0 Å². The van der Waals surface area contributed by atoms with E-state index < -0.39 is 12.7 Å². The predicted octanol–water partition coefficient (Wildman–Crippen LogP) is 0.619. The molecule has 10 heteroatoms. The number of rotatable bonds is 2. The largest absolute Gasteiger partial charge is 0.401 e. The smallest absolute Gasteiger partial charge is 0.368 e. The van der Waals surface area contributed by atoms with Crippen molar-refractivity contribution in [2.24, 2.45) is 0 Å². The minimum absolute atomic E-state index is 0.111. The standard InChI is InChI=1S/C11H14F3N7/c12-11(13,14)6-20-1-3-21(4-2-20)9-7-5-16-19-8(7)17-10(15)18-9/h5H,1-4,6H2,(H3,15,16,17,18,19). The second kappa shape index (κ2) is 5.02. The summed E-state index contributed by atoms with van der Waals surface area (Å²) in [5, 5.41) is 7.32. The highest BCUT2D eigenvalue weighted by Crippen LogP contribution is 2.25. The molecule has 1 aliphatic rings. The van der Waals surface area contributed by atoms with Crippen LogP contribution in [-0.2, 0) is 0 Å². The summed E-state index contributed by atoms with van der Waals surface area (Å²) in [4.78, 5) is 11.5. The van der Waals surface area contributed by atoms with Gasteiger partial charge in [0.25, 0.3) is 0 Å². The van der Waals surface area contributed by atoms with Crippen molar-refractivity contribution in [2.45, 2.75) is 6.18 Å². The van der Waals surface area contributed by atoms with Gasteiger partial charge in [-0.3, -0.25) is 10.00 Å². The zero-order chi connectivity index (χ0) is 15.0. The fourth-order valence-corrected chi connectivity index (χ4v) is 2.45. The third-order valence-electron chi connectivity index (χ3n) is 3.38. The molecule has 2 aromatic rings. The van der Waals surface area contributed by atoms with Gasteiger partial charge in [0.1, 0.15) is 5.82 Å². The number of nitrogens with one attached hydrogen (secondary N) is 1. The van der Waals surface area contributed by atoms with Gasteiger partial charge in [0.05, 0.1) is 18.1 Å². The molecule has 3 heterocycles. The number of hydrogen-bond donors (Lipinski definition) is 2. The Morgan fingerprint density at radius 3 is 2.57 bits per heavy atom. The molecule has 0 spiro atoms. The third-order valence-corrected chi connectivity index (χ3v) is 3.38. The van der Waals surface area contributed by atoms with Crippen LogP contribution < -0.4 is 10.6 Å². The number of piperazine rings is 1. The summed E-state index contributed by atoms with van der Waals surface area (Å²) in [6, 6.07) is 0. The molecular formula is C11H14F3N7. The lowest BCUT2D eigenvalue weighted by Gasteiger charge is -2.35. The number of alkyl halides is 3. The number of nitrogens with zero attached hydrogens (tertiary/aromatic N) is 5. The third kappa shape index (κ3) is 2.99. The molecule has 3 rings (SSSR count). The first kappa shape index (κ1) is 13.9. The molecular weight excluding hydrogens is 287 g/mol. The molecule has 0 aliphatic carbocycles. The first-order valence-corrected chi connectivity index (χ1v) is 6.43. The molecule has 0 bridgehead atoms. The van der Waals surface area contributed by atoms with Crippen LogP contribution in [0, 0.1) is 0 Å². The number of aromatic nitrogens is 4. The van der Waals surface area contributed by atoms with Crippen molar-refractivity contribution in [3.05, 3.63) is 6.20 Å². The van der Waals surface area contributed by atoms with Gasteiger partial charge in [0, 0.05) is 26.2 Å². The number of anilines is 2. The van der Waals surface area contributed by atoms with E-state index in [2.05, 4.69) is 20.2 Å². The molecule has 114 valence electrons. The Morgan fingerprint density at radius 2 is 1.90 bits per heavy atom. The highest BCUT2D eigenvalue weighted by Gasteiger charge is 2.32. The van der Waals surface area contributed by atoms with Gasteiger partial charge in [-0.25, -0.2) is 0 Å². The molecule has 7 nitrogen and oxygen atoms in total. The molecule has 2 aromatic heterocycles. The maximum Gasteiger partial charge on any atom is 0.401 e. The Balaban J connectivity index is 1.75. The molecule has 0 atom stereocenters. The summed E-state index contributed by atoms with van der Waals surface area (Å²) in [5.74, 6) is 0.720. The highest BCUT2D eigenvalue weighted by molar-refractivity contribution is 5.87. The lowest BCUT2D eigenvalue weighted by atomic mass is 10.2. The number of nitrogen functional groups attached to an aromatic ring is 1. The van der Waals surface area contributed by atoms with E-state index in [0.717, 1.165) is 0 Å². The number of fused-ring (bicyclic) bond motifs is 1. The van der Waals surface area contributed by atoms with Gasteiger partial charge in [-0.15, -0.1) is 0 Å². The molecule has 0 radical (unpaired) electrons. The summed E-state index contributed by atoms with van der Waals surface area (Å²) in [5.41, 5.74) is 6.17. The van der Waals surface area contributed by atoms with Gasteiger partial charge >= 0.3 is 6.18 Å². The van der Waals surface area contributed by atoms with Crippen LogP contribution in [0.3, 0.4) is 0 Å². The van der Waals surface area contributed by atoms with E-state index in [1.807, 2.05) is 4.90 Å². The quantitative estimate of drug-likeness (QED) is 0.845. The monoisotopic (exact) mass is 301 g/mol. The zero-order valence-electron chi connectivity index (χ0n) is 11.1. The van der Waals surface area contributed by atoms with E-state index in [9.17, 15) is 13.2 Å². The van der Waals surface area contributed by atoms with Gasteiger partial charge in [0.2, 0.25) is 5.95 Å². The summed E-state index contributed by atoms with van der Waals surface area (Å²) in [6.07, 6.45) is -2.58. The van der Waals surface area contributed by atoms with E-state index >= 15 is 0 Å². The molecule has 0 saturated carbocycles. The molecule has 1 fully saturated rings. The Hall–Kier alpha value is -2.10. The van der Waals surface area contributed by atoms with Crippen LogP contribution in [0.15, 0.2) is 6.20 Å². The van der Waals surface area contributed by atoms with E-state index in [1.54, 1.807) is 6.20 Å². The molecule has 0 amide bonds. The van der Waals surface area contributed by atoms with Crippen LogP contribution >= 0.6 is 0 Å². The Labute approximate surface area is 117 Å². The van der Waals surface area contributed by atoms with E-state index in [4.69, 9.17) is 5.73 Å². The van der Waals surface area contributed by atoms with E-state index in [1.165, 1.54) is 4.90 Å².